The predicted molar refractivity (Wildman–Crippen MR) is 92.5 cm³/mol. The highest BCUT2D eigenvalue weighted by Gasteiger charge is 2.04. The van der Waals surface area contributed by atoms with Crippen LogP contribution in [0.4, 0.5) is 0 Å². The van der Waals surface area contributed by atoms with E-state index < -0.39 is 0 Å². The molecule has 0 aromatic heterocycles. The first kappa shape index (κ1) is 24.6. The molecule has 0 aromatic rings. The van der Waals surface area contributed by atoms with Crippen molar-refractivity contribution >= 4 is 6.29 Å². The first-order valence-electron chi connectivity index (χ1n) is 8.51. The summed E-state index contributed by atoms with van der Waals surface area (Å²) in [6.45, 7) is 13.9. The van der Waals surface area contributed by atoms with E-state index in [2.05, 4.69) is 30.8 Å². The van der Waals surface area contributed by atoms with Gasteiger partial charge in [-0.15, -0.1) is 0 Å². The fourth-order valence-corrected chi connectivity index (χ4v) is 1.68. The molecule has 0 unspecified atom stereocenters. The minimum atomic E-state index is 0.585. The average Bonchev–Trinajstić information content (AvgIpc) is 2.48. The van der Waals surface area contributed by atoms with Crippen LogP contribution in [0.1, 0.15) is 66.7 Å². The maximum absolute atomic E-state index is 10.5. The van der Waals surface area contributed by atoms with Crippen molar-refractivity contribution in [1.82, 2.24) is 9.80 Å². The fourth-order valence-electron chi connectivity index (χ4n) is 1.68. The lowest BCUT2D eigenvalue weighted by molar-refractivity contribution is -0.108. The van der Waals surface area contributed by atoms with Crippen LogP contribution in [0, 0.1) is 0 Å². The fraction of sp³-hybridized carbons (Fsp3) is 0.941. The van der Waals surface area contributed by atoms with Gasteiger partial charge < -0.3 is 9.69 Å². The number of hydrogen-bond donors (Lipinski definition) is 0. The Labute approximate surface area is 128 Å². The highest BCUT2D eigenvalue weighted by molar-refractivity contribution is 5.51. The SMILES string of the molecule is CC.CC.CCCCCCCN(CC=O)CCN(C)C. The highest BCUT2D eigenvalue weighted by atomic mass is 16.1. The normalized spacial score (nSPS) is 9.65. The first-order chi connectivity index (χ1) is 9.70. The van der Waals surface area contributed by atoms with Crippen LogP contribution in [-0.4, -0.2) is 56.4 Å². The maximum Gasteiger partial charge on any atom is 0.133 e. The van der Waals surface area contributed by atoms with Crippen LogP contribution in [0.3, 0.4) is 0 Å². The summed E-state index contributed by atoms with van der Waals surface area (Å²) in [5.41, 5.74) is 0. The molecule has 0 atom stereocenters. The monoisotopic (exact) mass is 288 g/mol. The minimum Gasteiger partial charge on any atom is -0.308 e. The molecule has 0 spiro atoms. The molecular formula is C17H40N2O. The van der Waals surface area contributed by atoms with E-state index >= 15 is 0 Å². The summed E-state index contributed by atoms with van der Waals surface area (Å²) >= 11 is 0. The van der Waals surface area contributed by atoms with Gasteiger partial charge in [-0.1, -0.05) is 60.3 Å². The molecule has 0 aliphatic heterocycles. The van der Waals surface area contributed by atoms with Crippen molar-refractivity contribution in [3.63, 3.8) is 0 Å². The predicted octanol–water partition coefficient (Wildman–Crippen LogP) is 4.07. The molecule has 0 N–H and O–H groups in total. The van der Waals surface area contributed by atoms with Gasteiger partial charge in [-0.05, 0) is 27.1 Å². The van der Waals surface area contributed by atoms with Crippen LogP contribution in [0.2, 0.25) is 0 Å². The van der Waals surface area contributed by atoms with Gasteiger partial charge in [-0.2, -0.15) is 0 Å². The van der Waals surface area contributed by atoms with E-state index in [4.69, 9.17) is 0 Å². The molecule has 124 valence electrons. The van der Waals surface area contributed by atoms with E-state index in [1.54, 1.807) is 0 Å². The van der Waals surface area contributed by atoms with Gasteiger partial charge in [0.2, 0.25) is 0 Å². The molecular weight excluding hydrogens is 248 g/mol. The lowest BCUT2D eigenvalue weighted by Crippen LogP contribution is -2.33. The molecule has 0 aliphatic rings. The Kier molecular flexibility index (Phi) is 29.1. The zero-order chi connectivity index (χ0) is 16.2. The Hall–Kier alpha value is -0.410. The third kappa shape index (κ3) is 22.7. The van der Waals surface area contributed by atoms with Crippen molar-refractivity contribution in [3.8, 4) is 0 Å². The van der Waals surface area contributed by atoms with E-state index in [-0.39, 0.29) is 0 Å². The molecule has 0 rings (SSSR count). The van der Waals surface area contributed by atoms with Crippen LogP contribution in [0.5, 0.6) is 0 Å². The Bertz CT molecular complexity index is 161. The van der Waals surface area contributed by atoms with Gasteiger partial charge in [-0.25, -0.2) is 0 Å². The molecule has 3 nitrogen and oxygen atoms in total. The summed E-state index contributed by atoms with van der Waals surface area (Å²) in [5, 5.41) is 0. The minimum absolute atomic E-state index is 0.585. The van der Waals surface area contributed by atoms with Crippen molar-refractivity contribution in [2.75, 3.05) is 40.3 Å². The molecule has 0 heterocycles. The number of nitrogens with zero attached hydrogens (tertiary/aromatic N) is 2. The van der Waals surface area contributed by atoms with Gasteiger partial charge in [0.15, 0.2) is 0 Å². The molecule has 0 saturated heterocycles. The first-order valence-corrected chi connectivity index (χ1v) is 8.51. The van der Waals surface area contributed by atoms with Gasteiger partial charge in [0.25, 0.3) is 0 Å². The molecule has 0 fully saturated rings. The highest BCUT2D eigenvalue weighted by Crippen LogP contribution is 2.03. The molecule has 3 heteroatoms. The second kappa shape index (κ2) is 23.7. The summed E-state index contributed by atoms with van der Waals surface area (Å²) in [6, 6.07) is 0. The summed E-state index contributed by atoms with van der Waals surface area (Å²) in [7, 11) is 4.14. The van der Waals surface area contributed by atoms with Crippen LogP contribution in [0.15, 0.2) is 0 Å². The molecule has 0 amide bonds. The number of carbonyl (C=O) groups is 1. The number of unbranched alkanes of at least 4 members (excludes halogenated alkanes) is 4. The van der Waals surface area contributed by atoms with Crippen molar-refractivity contribution < 1.29 is 4.79 Å². The standard InChI is InChI=1S/C13H28N2O.2C2H6/c1-4-5-6-7-8-9-15(12-13-16)11-10-14(2)3;2*1-2/h13H,4-12H2,1-3H3;2*1-2H3. The molecule has 0 bridgehead atoms. The Balaban J connectivity index is -0.000000656. The van der Waals surface area contributed by atoms with Crippen molar-refractivity contribution in [3.05, 3.63) is 0 Å². The Morgan fingerprint density at radius 2 is 1.35 bits per heavy atom. The third-order valence-corrected chi connectivity index (χ3v) is 2.77. The van der Waals surface area contributed by atoms with Gasteiger partial charge in [0.1, 0.15) is 6.29 Å². The molecule has 20 heavy (non-hydrogen) atoms. The van der Waals surface area contributed by atoms with E-state index in [1.807, 2.05) is 27.7 Å². The molecule has 0 aromatic carbocycles. The zero-order valence-electron chi connectivity index (χ0n) is 15.2. The number of aldehydes is 1. The second-order valence-electron chi connectivity index (χ2n) is 4.68. The number of hydrogen-bond acceptors (Lipinski definition) is 3. The zero-order valence-corrected chi connectivity index (χ0v) is 15.2. The van der Waals surface area contributed by atoms with Crippen molar-refractivity contribution in [2.45, 2.75) is 66.7 Å². The van der Waals surface area contributed by atoms with Gasteiger partial charge >= 0.3 is 0 Å². The number of rotatable bonds is 11. The van der Waals surface area contributed by atoms with Crippen LogP contribution >= 0.6 is 0 Å². The van der Waals surface area contributed by atoms with E-state index in [9.17, 15) is 4.79 Å². The van der Waals surface area contributed by atoms with E-state index in [0.717, 1.165) is 25.9 Å². The number of likely N-dealkylation sites (N-methyl/N-ethyl adjacent to an activating group) is 1. The molecule has 0 saturated carbocycles. The largest absolute Gasteiger partial charge is 0.308 e. The molecule has 0 radical (unpaired) electrons. The van der Waals surface area contributed by atoms with E-state index in [1.165, 1.54) is 32.1 Å². The quantitative estimate of drug-likeness (QED) is 0.423. The van der Waals surface area contributed by atoms with Gasteiger partial charge in [0, 0.05) is 13.1 Å². The van der Waals surface area contributed by atoms with Crippen LogP contribution in [0.25, 0.3) is 0 Å². The Morgan fingerprint density at radius 3 is 1.80 bits per heavy atom. The van der Waals surface area contributed by atoms with Crippen LogP contribution in [-0.2, 0) is 4.79 Å². The van der Waals surface area contributed by atoms with E-state index in [0.29, 0.717) is 6.54 Å². The third-order valence-electron chi connectivity index (χ3n) is 2.77. The Morgan fingerprint density at radius 1 is 0.800 bits per heavy atom. The smallest absolute Gasteiger partial charge is 0.133 e. The topological polar surface area (TPSA) is 23.6 Å². The van der Waals surface area contributed by atoms with Crippen molar-refractivity contribution in [2.24, 2.45) is 0 Å². The second-order valence-corrected chi connectivity index (χ2v) is 4.68. The van der Waals surface area contributed by atoms with Gasteiger partial charge in [-0.3, -0.25) is 4.90 Å². The summed E-state index contributed by atoms with van der Waals surface area (Å²) in [4.78, 5) is 15.0. The maximum atomic E-state index is 10.5. The lowest BCUT2D eigenvalue weighted by atomic mass is 10.1. The molecule has 0 aliphatic carbocycles. The van der Waals surface area contributed by atoms with Crippen molar-refractivity contribution in [1.29, 1.82) is 0 Å². The van der Waals surface area contributed by atoms with Crippen LogP contribution < -0.4 is 0 Å². The lowest BCUT2D eigenvalue weighted by Gasteiger charge is -2.21. The summed E-state index contributed by atoms with van der Waals surface area (Å²) in [5.74, 6) is 0. The van der Waals surface area contributed by atoms with Gasteiger partial charge in [0.05, 0.1) is 6.54 Å². The average molecular weight is 289 g/mol. The summed E-state index contributed by atoms with van der Waals surface area (Å²) < 4.78 is 0. The summed E-state index contributed by atoms with van der Waals surface area (Å²) in [6.07, 6.45) is 7.50. The number of carbonyl (C=O) groups excluding carboxylic acids is 1.